The maximum Gasteiger partial charge on any atom is 0.293 e. The zero-order valence-corrected chi connectivity index (χ0v) is 17.7. The van der Waals surface area contributed by atoms with Crippen molar-refractivity contribution in [2.75, 3.05) is 32.1 Å². The highest BCUT2D eigenvalue weighted by atomic mass is 35.5. The van der Waals surface area contributed by atoms with Crippen LogP contribution in [-0.2, 0) is 0 Å². The largest absolute Gasteiger partial charge is 0.372 e. The summed E-state index contributed by atoms with van der Waals surface area (Å²) in [5.74, 6) is -0.727. The van der Waals surface area contributed by atoms with Crippen LogP contribution in [0.5, 0.6) is 0 Å². The summed E-state index contributed by atoms with van der Waals surface area (Å²) in [6.07, 6.45) is 1.67. The number of halogens is 1. The van der Waals surface area contributed by atoms with Gasteiger partial charge >= 0.3 is 0 Å². The number of hydrogen-bond donors (Lipinski definition) is 2. The Hall–Kier alpha value is -2.97. The van der Waals surface area contributed by atoms with Gasteiger partial charge in [-0.3, -0.25) is 19.7 Å². The minimum atomic E-state index is -0.512. The van der Waals surface area contributed by atoms with Gasteiger partial charge in [-0.05, 0) is 44.1 Å². The Labute approximate surface area is 181 Å². The second kappa shape index (κ2) is 10.2. The van der Waals surface area contributed by atoms with Gasteiger partial charge in [0.15, 0.2) is 5.78 Å². The van der Waals surface area contributed by atoms with E-state index in [1.807, 2.05) is 0 Å². The second-order valence-electron chi connectivity index (χ2n) is 7.23. The first-order valence-corrected chi connectivity index (χ1v) is 9.49. The number of carbonyl (C=O) groups excluding carboxylic acids is 2. The van der Waals surface area contributed by atoms with E-state index >= 15 is 0 Å². The van der Waals surface area contributed by atoms with Crippen LogP contribution >= 0.6 is 12.4 Å². The van der Waals surface area contributed by atoms with Gasteiger partial charge in [0.25, 0.3) is 11.6 Å². The molecule has 1 heterocycles. The van der Waals surface area contributed by atoms with E-state index < -0.39 is 10.7 Å². The summed E-state index contributed by atoms with van der Waals surface area (Å²) >= 11 is 0. The summed E-state index contributed by atoms with van der Waals surface area (Å²) in [6.45, 7) is 1.68. The predicted molar refractivity (Wildman–Crippen MR) is 118 cm³/mol. The van der Waals surface area contributed by atoms with E-state index in [1.165, 1.54) is 6.07 Å². The first-order valence-electron chi connectivity index (χ1n) is 9.49. The van der Waals surface area contributed by atoms with Gasteiger partial charge < -0.3 is 15.5 Å². The maximum absolute atomic E-state index is 13.1. The number of benzene rings is 2. The van der Waals surface area contributed by atoms with Gasteiger partial charge in [-0.1, -0.05) is 18.2 Å². The molecule has 0 unspecified atom stereocenters. The summed E-state index contributed by atoms with van der Waals surface area (Å²) in [5, 5.41) is 17.7. The van der Waals surface area contributed by atoms with Gasteiger partial charge in [0, 0.05) is 37.3 Å². The highest BCUT2D eigenvalue weighted by Crippen LogP contribution is 2.29. The lowest BCUT2D eigenvalue weighted by Crippen LogP contribution is -2.43. The first kappa shape index (κ1) is 23.3. The number of anilines is 1. The maximum atomic E-state index is 13.1. The Morgan fingerprint density at radius 2 is 1.73 bits per heavy atom. The number of hydrogen-bond acceptors (Lipinski definition) is 6. The van der Waals surface area contributed by atoms with Crippen molar-refractivity contribution in [2.24, 2.45) is 0 Å². The molecule has 0 atom stereocenters. The lowest BCUT2D eigenvalue weighted by atomic mass is 9.96. The Balaban J connectivity index is 0.00000320. The van der Waals surface area contributed by atoms with Crippen LogP contribution in [0.4, 0.5) is 11.4 Å². The zero-order chi connectivity index (χ0) is 21.0. The van der Waals surface area contributed by atoms with Crippen molar-refractivity contribution in [3.05, 3.63) is 69.3 Å². The Kier molecular flexibility index (Phi) is 7.91. The number of nitro benzene ring substituents is 1. The van der Waals surface area contributed by atoms with Gasteiger partial charge in [0.1, 0.15) is 5.69 Å². The summed E-state index contributed by atoms with van der Waals surface area (Å²) in [6, 6.07) is 11.0. The minimum absolute atomic E-state index is 0. The van der Waals surface area contributed by atoms with Gasteiger partial charge in [0.2, 0.25) is 0 Å². The van der Waals surface area contributed by atoms with E-state index in [4.69, 9.17) is 0 Å². The summed E-state index contributed by atoms with van der Waals surface area (Å²) < 4.78 is 0. The lowest BCUT2D eigenvalue weighted by Gasteiger charge is -2.24. The molecule has 1 aliphatic rings. The van der Waals surface area contributed by atoms with Crippen LogP contribution < -0.4 is 15.5 Å². The van der Waals surface area contributed by atoms with E-state index in [0.29, 0.717) is 5.69 Å². The summed E-state index contributed by atoms with van der Waals surface area (Å²) in [7, 11) is 3.40. The van der Waals surface area contributed by atoms with Crippen LogP contribution in [0.2, 0.25) is 0 Å². The highest BCUT2D eigenvalue weighted by molar-refractivity contribution is 6.15. The summed E-state index contributed by atoms with van der Waals surface area (Å²) in [4.78, 5) is 38.4. The third-order valence-corrected chi connectivity index (χ3v) is 5.01. The Morgan fingerprint density at radius 3 is 2.33 bits per heavy atom. The fraction of sp³-hybridized carbons (Fsp3) is 0.333. The number of amides is 1. The van der Waals surface area contributed by atoms with Gasteiger partial charge in [-0.2, -0.15) is 0 Å². The predicted octanol–water partition coefficient (Wildman–Crippen LogP) is 2.80. The number of ketones is 1. The third-order valence-electron chi connectivity index (χ3n) is 5.01. The first-order chi connectivity index (χ1) is 13.9. The molecule has 2 aromatic carbocycles. The molecule has 2 aromatic rings. The van der Waals surface area contributed by atoms with Crippen LogP contribution in [0.3, 0.4) is 0 Å². The highest BCUT2D eigenvalue weighted by Gasteiger charge is 2.24. The molecule has 0 spiro atoms. The average molecular weight is 433 g/mol. The molecule has 1 fully saturated rings. The van der Waals surface area contributed by atoms with Crippen molar-refractivity contribution in [3.8, 4) is 0 Å². The van der Waals surface area contributed by atoms with Crippen molar-refractivity contribution in [1.29, 1.82) is 0 Å². The molecule has 160 valence electrons. The van der Waals surface area contributed by atoms with E-state index in [9.17, 15) is 19.7 Å². The number of rotatable bonds is 6. The fourth-order valence-corrected chi connectivity index (χ4v) is 3.45. The van der Waals surface area contributed by atoms with Crippen LogP contribution in [0.25, 0.3) is 0 Å². The van der Waals surface area contributed by atoms with Crippen molar-refractivity contribution >= 4 is 35.5 Å². The number of carbonyl (C=O) groups is 2. The number of nitrogens with one attached hydrogen (secondary N) is 2. The topological polar surface area (TPSA) is 105 Å². The molecule has 9 heteroatoms. The Morgan fingerprint density at radius 1 is 1.10 bits per heavy atom. The molecule has 0 radical (unpaired) electrons. The quantitative estimate of drug-likeness (QED) is 0.413. The van der Waals surface area contributed by atoms with Crippen LogP contribution in [-0.4, -0.2) is 49.8 Å². The van der Waals surface area contributed by atoms with Gasteiger partial charge in [-0.25, -0.2) is 0 Å². The molecule has 1 aliphatic heterocycles. The molecule has 0 bridgehead atoms. The van der Waals surface area contributed by atoms with E-state index in [-0.39, 0.29) is 46.7 Å². The van der Waals surface area contributed by atoms with E-state index in [0.717, 1.165) is 25.9 Å². The molecule has 1 amide bonds. The van der Waals surface area contributed by atoms with Gasteiger partial charge in [-0.15, -0.1) is 12.4 Å². The van der Waals surface area contributed by atoms with E-state index in [1.54, 1.807) is 55.4 Å². The summed E-state index contributed by atoms with van der Waals surface area (Å²) in [5.41, 5.74) is 0.923. The minimum Gasteiger partial charge on any atom is -0.372 e. The molecule has 1 saturated heterocycles. The molecular formula is C21H25ClN4O4. The molecule has 8 nitrogen and oxygen atoms in total. The lowest BCUT2D eigenvalue weighted by molar-refractivity contribution is -0.384. The monoisotopic (exact) mass is 432 g/mol. The number of piperidine rings is 1. The second-order valence-corrected chi connectivity index (χ2v) is 7.23. The number of nitrogens with zero attached hydrogens (tertiary/aromatic N) is 2. The smallest absolute Gasteiger partial charge is 0.293 e. The molecule has 2 N–H and O–H groups in total. The van der Waals surface area contributed by atoms with Crippen LogP contribution in [0.15, 0.2) is 42.5 Å². The molecular weight excluding hydrogens is 408 g/mol. The van der Waals surface area contributed by atoms with Gasteiger partial charge in [0.05, 0.1) is 10.5 Å². The molecule has 30 heavy (non-hydrogen) atoms. The average Bonchev–Trinajstić information content (AvgIpc) is 2.73. The molecule has 0 saturated carbocycles. The van der Waals surface area contributed by atoms with Crippen molar-refractivity contribution in [3.63, 3.8) is 0 Å². The molecule has 0 aliphatic carbocycles. The molecule has 0 aromatic heterocycles. The number of nitro groups is 1. The SMILES string of the molecule is CN(C)c1ccc(C(=O)c2ccccc2C(=O)NC2CCNCC2)cc1[N+](=O)[O-].Cl. The third kappa shape index (κ3) is 5.14. The van der Waals surface area contributed by atoms with E-state index in [2.05, 4.69) is 10.6 Å². The Bertz CT molecular complexity index is 942. The van der Waals surface area contributed by atoms with Crippen molar-refractivity contribution in [2.45, 2.75) is 18.9 Å². The van der Waals surface area contributed by atoms with Crippen molar-refractivity contribution < 1.29 is 14.5 Å². The zero-order valence-electron chi connectivity index (χ0n) is 16.9. The van der Waals surface area contributed by atoms with Crippen LogP contribution in [0.1, 0.15) is 39.1 Å². The van der Waals surface area contributed by atoms with Crippen molar-refractivity contribution in [1.82, 2.24) is 10.6 Å². The standard InChI is InChI=1S/C21H24N4O4.ClH/c1-24(2)18-8-7-14(13-19(18)25(28)29)20(26)16-5-3-4-6-17(16)21(27)23-15-9-11-22-12-10-15;/h3-8,13,15,22H,9-12H2,1-2H3,(H,23,27);1H. The van der Waals surface area contributed by atoms with Crippen LogP contribution in [0, 0.1) is 10.1 Å². The fourth-order valence-electron chi connectivity index (χ4n) is 3.45. The molecule has 3 rings (SSSR count). The normalized spacial score (nSPS) is 13.8.